The molecule has 0 radical (unpaired) electrons. The van der Waals surface area contributed by atoms with Crippen molar-refractivity contribution in [1.82, 2.24) is 15.0 Å². The highest BCUT2D eigenvalue weighted by atomic mass is 16.5. The van der Waals surface area contributed by atoms with Gasteiger partial charge in [-0.1, -0.05) is 22.9 Å². The fourth-order valence-electron chi connectivity index (χ4n) is 3.37. The minimum atomic E-state index is 0.112. The first-order chi connectivity index (χ1) is 13.1. The third kappa shape index (κ3) is 3.69. The number of aryl methyl sites for hydroxylation is 2. The molecule has 1 amide bonds. The van der Waals surface area contributed by atoms with Crippen LogP contribution < -0.4 is 4.90 Å². The Balaban J connectivity index is 1.39. The zero-order valence-corrected chi connectivity index (χ0v) is 15.6. The van der Waals surface area contributed by atoms with E-state index in [2.05, 4.69) is 27.2 Å². The van der Waals surface area contributed by atoms with Crippen molar-refractivity contribution in [3.8, 4) is 11.4 Å². The van der Waals surface area contributed by atoms with Crippen molar-refractivity contribution in [2.24, 2.45) is 0 Å². The van der Waals surface area contributed by atoms with Crippen molar-refractivity contribution in [2.75, 3.05) is 31.1 Å². The van der Waals surface area contributed by atoms with Crippen LogP contribution in [0.3, 0.4) is 0 Å². The van der Waals surface area contributed by atoms with Crippen molar-refractivity contribution in [2.45, 2.75) is 13.8 Å². The van der Waals surface area contributed by atoms with Crippen LogP contribution in [0.5, 0.6) is 0 Å². The summed E-state index contributed by atoms with van der Waals surface area (Å²) in [6, 6.07) is 15.9. The molecule has 1 aromatic heterocycles. The van der Waals surface area contributed by atoms with Crippen molar-refractivity contribution in [1.29, 1.82) is 0 Å². The van der Waals surface area contributed by atoms with Gasteiger partial charge in [0.25, 0.3) is 5.91 Å². The van der Waals surface area contributed by atoms with E-state index in [0.717, 1.165) is 48.6 Å². The van der Waals surface area contributed by atoms with Crippen LogP contribution in [0.2, 0.25) is 0 Å². The number of amides is 1. The van der Waals surface area contributed by atoms with E-state index in [1.807, 2.05) is 48.2 Å². The van der Waals surface area contributed by atoms with E-state index < -0.39 is 0 Å². The summed E-state index contributed by atoms with van der Waals surface area (Å²) in [4.78, 5) is 21.2. The Morgan fingerprint density at radius 1 is 1.00 bits per heavy atom. The minimum Gasteiger partial charge on any atom is -0.368 e. The molecule has 1 fully saturated rings. The van der Waals surface area contributed by atoms with E-state index in [1.165, 1.54) is 0 Å². The van der Waals surface area contributed by atoms with Crippen molar-refractivity contribution in [3.63, 3.8) is 0 Å². The van der Waals surface area contributed by atoms with Gasteiger partial charge in [-0.3, -0.25) is 4.79 Å². The Kier molecular flexibility index (Phi) is 4.62. The summed E-state index contributed by atoms with van der Waals surface area (Å²) in [5.41, 5.74) is 3.95. The van der Waals surface area contributed by atoms with E-state index in [4.69, 9.17) is 4.52 Å². The fourth-order valence-corrected chi connectivity index (χ4v) is 3.37. The van der Waals surface area contributed by atoms with Gasteiger partial charge in [-0.05, 0) is 43.3 Å². The molecule has 138 valence electrons. The number of aromatic nitrogens is 2. The maximum atomic E-state index is 12.7. The largest absolute Gasteiger partial charge is 0.368 e. The summed E-state index contributed by atoms with van der Waals surface area (Å²) < 4.78 is 5.03. The molecule has 2 aromatic carbocycles. The maximum absolute atomic E-state index is 12.7. The summed E-state index contributed by atoms with van der Waals surface area (Å²) in [7, 11) is 0. The second-order valence-electron chi connectivity index (χ2n) is 6.83. The van der Waals surface area contributed by atoms with E-state index in [1.54, 1.807) is 6.92 Å². The Labute approximate surface area is 158 Å². The molecule has 6 heteroatoms. The molecule has 0 unspecified atom stereocenters. The lowest BCUT2D eigenvalue weighted by molar-refractivity contribution is 0.0746. The smallest absolute Gasteiger partial charge is 0.253 e. The summed E-state index contributed by atoms with van der Waals surface area (Å²) in [6.07, 6.45) is 0. The first kappa shape index (κ1) is 17.3. The third-order valence-corrected chi connectivity index (χ3v) is 4.85. The van der Waals surface area contributed by atoms with Crippen molar-refractivity contribution < 1.29 is 9.32 Å². The highest BCUT2D eigenvalue weighted by molar-refractivity contribution is 5.94. The molecular formula is C21H22N4O2. The molecule has 1 aliphatic heterocycles. The highest BCUT2D eigenvalue weighted by Gasteiger charge is 2.22. The predicted octanol–water partition coefficient (Wildman–Crippen LogP) is 3.32. The molecule has 0 atom stereocenters. The second kappa shape index (κ2) is 7.23. The number of anilines is 1. The van der Waals surface area contributed by atoms with Crippen LogP contribution in [0.25, 0.3) is 11.4 Å². The lowest BCUT2D eigenvalue weighted by Crippen LogP contribution is -2.48. The van der Waals surface area contributed by atoms with Gasteiger partial charge >= 0.3 is 0 Å². The monoisotopic (exact) mass is 362 g/mol. The molecule has 0 spiro atoms. The Morgan fingerprint density at radius 3 is 2.37 bits per heavy atom. The van der Waals surface area contributed by atoms with Gasteiger partial charge in [0, 0.05) is 49.9 Å². The number of hydrogen-bond donors (Lipinski definition) is 0. The Bertz CT molecular complexity index is 941. The zero-order valence-electron chi connectivity index (χ0n) is 15.6. The summed E-state index contributed by atoms with van der Waals surface area (Å²) in [5, 5.41) is 3.95. The molecule has 6 nitrogen and oxygen atoms in total. The molecule has 0 N–H and O–H groups in total. The SMILES string of the molecule is Cc1cccc(C(=O)N2CCN(c3ccc(-c4noc(C)n4)cc3)CC2)c1. The fraction of sp³-hybridized carbons (Fsp3) is 0.286. The topological polar surface area (TPSA) is 62.5 Å². The summed E-state index contributed by atoms with van der Waals surface area (Å²) >= 11 is 0. The minimum absolute atomic E-state index is 0.112. The van der Waals surface area contributed by atoms with Crippen LogP contribution in [0.15, 0.2) is 53.1 Å². The standard InChI is InChI=1S/C21H22N4O2/c1-15-4-3-5-18(14-15)21(26)25-12-10-24(11-13-25)19-8-6-17(7-9-19)20-22-16(2)27-23-20/h3-9,14H,10-13H2,1-2H3. The van der Waals surface area contributed by atoms with E-state index in [0.29, 0.717) is 11.7 Å². The molecule has 4 rings (SSSR count). The Hall–Kier alpha value is -3.15. The average molecular weight is 362 g/mol. The number of carbonyl (C=O) groups excluding carboxylic acids is 1. The van der Waals surface area contributed by atoms with Gasteiger partial charge in [-0.15, -0.1) is 0 Å². The van der Waals surface area contributed by atoms with Gasteiger partial charge in [-0.25, -0.2) is 0 Å². The number of rotatable bonds is 3. The third-order valence-electron chi connectivity index (χ3n) is 4.85. The molecule has 2 heterocycles. The molecule has 1 aliphatic rings. The zero-order chi connectivity index (χ0) is 18.8. The molecule has 0 saturated carbocycles. The summed E-state index contributed by atoms with van der Waals surface area (Å²) in [5.74, 6) is 1.28. The Morgan fingerprint density at radius 2 is 1.74 bits per heavy atom. The van der Waals surface area contributed by atoms with E-state index in [9.17, 15) is 4.79 Å². The van der Waals surface area contributed by atoms with Crippen LogP contribution in [0.1, 0.15) is 21.8 Å². The van der Waals surface area contributed by atoms with Crippen LogP contribution in [-0.4, -0.2) is 47.1 Å². The number of benzene rings is 2. The average Bonchev–Trinajstić information content (AvgIpc) is 3.14. The first-order valence-corrected chi connectivity index (χ1v) is 9.12. The first-order valence-electron chi connectivity index (χ1n) is 9.12. The van der Waals surface area contributed by atoms with Crippen LogP contribution in [0.4, 0.5) is 5.69 Å². The molecule has 27 heavy (non-hydrogen) atoms. The highest BCUT2D eigenvalue weighted by Crippen LogP contribution is 2.22. The summed E-state index contributed by atoms with van der Waals surface area (Å²) in [6.45, 7) is 6.87. The number of nitrogens with zero attached hydrogens (tertiary/aromatic N) is 4. The number of hydrogen-bond acceptors (Lipinski definition) is 5. The van der Waals surface area contributed by atoms with Crippen LogP contribution >= 0.6 is 0 Å². The van der Waals surface area contributed by atoms with E-state index in [-0.39, 0.29) is 5.91 Å². The quantitative estimate of drug-likeness (QED) is 0.715. The number of carbonyl (C=O) groups is 1. The lowest BCUT2D eigenvalue weighted by atomic mass is 10.1. The van der Waals surface area contributed by atoms with Crippen molar-refractivity contribution in [3.05, 3.63) is 65.5 Å². The van der Waals surface area contributed by atoms with E-state index >= 15 is 0 Å². The second-order valence-corrected chi connectivity index (χ2v) is 6.83. The normalized spacial score (nSPS) is 14.4. The van der Waals surface area contributed by atoms with Crippen molar-refractivity contribution >= 4 is 11.6 Å². The molecule has 3 aromatic rings. The van der Waals surface area contributed by atoms with Crippen LogP contribution in [0, 0.1) is 13.8 Å². The number of piperazine rings is 1. The van der Waals surface area contributed by atoms with Gasteiger partial charge in [0.1, 0.15) is 0 Å². The van der Waals surface area contributed by atoms with Gasteiger partial charge < -0.3 is 14.3 Å². The molecule has 0 aliphatic carbocycles. The molecule has 0 bridgehead atoms. The van der Waals surface area contributed by atoms with Crippen LogP contribution in [-0.2, 0) is 0 Å². The molecule has 1 saturated heterocycles. The van der Waals surface area contributed by atoms with Gasteiger partial charge in [0.15, 0.2) is 0 Å². The van der Waals surface area contributed by atoms with Gasteiger partial charge in [0.2, 0.25) is 11.7 Å². The molecular weight excluding hydrogens is 340 g/mol. The maximum Gasteiger partial charge on any atom is 0.253 e. The van der Waals surface area contributed by atoms with Gasteiger partial charge in [-0.2, -0.15) is 4.98 Å². The van der Waals surface area contributed by atoms with Gasteiger partial charge in [0.05, 0.1) is 0 Å². The lowest BCUT2D eigenvalue weighted by Gasteiger charge is -2.36. The predicted molar refractivity (Wildman–Crippen MR) is 104 cm³/mol.